The van der Waals surface area contributed by atoms with Gasteiger partial charge in [-0.15, -0.1) is 0 Å². The van der Waals surface area contributed by atoms with Gasteiger partial charge in [-0.3, -0.25) is 0 Å². The maximum Gasteiger partial charge on any atom is -0.0162 e. The Morgan fingerprint density at radius 1 is 1.07 bits per heavy atom. The third-order valence-electron chi connectivity index (χ3n) is 3.74. The zero-order chi connectivity index (χ0) is 10.1. The molecular formula is C14H20. The van der Waals surface area contributed by atoms with Crippen molar-refractivity contribution in [1.82, 2.24) is 0 Å². The fourth-order valence-electron chi connectivity index (χ4n) is 2.77. The molecule has 0 fully saturated rings. The number of benzene rings is 1. The first-order valence-electron chi connectivity index (χ1n) is 5.76. The molecular weight excluding hydrogens is 168 g/mol. The van der Waals surface area contributed by atoms with Gasteiger partial charge < -0.3 is 0 Å². The average molecular weight is 188 g/mol. The second kappa shape index (κ2) is 3.76. The van der Waals surface area contributed by atoms with Crippen molar-refractivity contribution in [2.24, 2.45) is 11.8 Å². The lowest BCUT2D eigenvalue weighted by Crippen LogP contribution is -2.06. The van der Waals surface area contributed by atoms with Crippen LogP contribution in [0.15, 0.2) is 24.3 Å². The Morgan fingerprint density at radius 2 is 1.79 bits per heavy atom. The van der Waals surface area contributed by atoms with E-state index < -0.39 is 0 Å². The van der Waals surface area contributed by atoms with Crippen LogP contribution in [0.1, 0.15) is 44.2 Å². The maximum atomic E-state index is 2.39. The van der Waals surface area contributed by atoms with Crippen molar-refractivity contribution in [2.75, 3.05) is 0 Å². The van der Waals surface area contributed by atoms with E-state index in [-0.39, 0.29) is 0 Å². The molecule has 0 saturated carbocycles. The van der Waals surface area contributed by atoms with Crippen LogP contribution in [0.4, 0.5) is 0 Å². The summed E-state index contributed by atoms with van der Waals surface area (Å²) < 4.78 is 0. The maximum absolute atomic E-state index is 2.39. The molecule has 1 aliphatic carbocycles. The first-order valence-corrected chi connectivity index (χ1v) is 5.76. The van der Waals surface area contributed by atoms with Gasteiger partial charge in [0, 0.05) is 0 Å². The monoisotopic (exact) mass is 188 g/mol. The summed E-state index contributed by atoms with van der Waals surface area (Å²) >= 11 is 0. The molecule has 0 N–H and O–H groups in total. The van der Waals surface area contributed by atoms with Crippen LogP contribution in [0.5, 0.6) is 0 Å². The molecule has 2 rings (SSSR count). The van der Waals surface area contributed by atoms with Gasteiger partial charge in [-0.2, -0.15) is 0 Å². The Labute approximate surface area is 87.3 Å². The normalized spacial score (nSPS) is 32.1. The predicted octanol–water partition coefficient (Wildman–Crippen LogP) is 4.01. The summed E-state index contributed by atoms with van der Waals surface area (Å²) in [7, 11) is 0. The minimum Gasteiger partial charge on any atom is -0.0622 e. The van der Waals surface area contributed by atoms with Crippen molar-refractivity contribution in [3.05, 3.63) is 35.4 Å². The minimum atomic E-state index is 0.733. The van der Waals surface area contributed by atoms with Crippen molar-refractivity contribution >= 4 is 0 Å². The van der Waals surface area contributed by atoms with E-state index in [1.54, 1.807) is 11.1 Å². The van der Waals surface area contributed by atoms with Crippen LogP contribution in [0, 0.1) is 11.8 Å². The van der Waals surface area contributed by atoms with Gasteiger partial charge in [-0.05, 0) is 41.7 Å². The van der Waals surface area contributed by atoms with Crippen LogP contribution in [-0.4, -0.2) is 0 Å². The molecule has 1 aromatic carbocycles. The number of fused-ring (bicyclic) bond motifs is 1. The molecule has 0 aromatic heterocycles. The van der Waals surface area contributed by atoms with Crippen molar-refractivity contribution < 1.29 is 0 Å². The molecule has 76 valence electrons. The standard InChI is InChI=1S/C14H20/c1-10-8-11(2)12(3)14-7-5-4-6-13(14)9-10/h4-7,10-12H,8-9H2,1-3H3. The highest BCUT2D eigenvalue weighted by atomic mass is 14.3. The van der Waals surface area contributed by atoms with E-state index in [0.717, 1.165) is 17.8 Å². The number of hydrogen-bond acceptors (Lipinski definition) is 0. The molecule has 0 saturated heterocycles. The minimum absolute atomic E-state index is 0.733. The first-order chi connectivity index (χ1) is 6.68. The topological polar surface area (TPSA) is 0 Å². The van der Waals surface area contributed by atoms with E-state index in [1.807, 2.05) is 0 Å². The molecule has 0 heterocycles. The summed E-state index contributed by atoms with van der Waals surface area (Å²) in [5.41, 5.74) is 3.17. The summed E-state index contributed by atoms with van der Waals surface area (Å²) in [6, 6.07) is 8.97. The van der Waals surface area contributed by atoms with Crippen molar-refractivity contribution in [2.45, 2.75) is 39.5 Å². The average Bonchev–Trinajstić information content (AvgIpc) is 2.26. The van der Waals surface area contributed by atoms with Crippen LogP contribution >= 0.6 is 0 Å². The second-order valence-corrected chi connectivity index (χ2v) is 5.01. The van der Waals surface area contributed by atoms with E-state index in [2.05, 4.69) is 45.0 Å². The lowest BCUT2D eigenvalue weighted by molar-refractivity contribution is 0.389. The van der Waals surface area contributed by atoms with Crippen LogP contribution in [0.3, 0.4) is 0 Å². The van der Waals surface area contributed by atoms with Gasteiger partial charge in [-0.25, -0.2) is 0 Å². The van der Waals surface area contributed by atoms with Crippen LogP contribution in [-0.2, 0) is 6.42 Å². The third-order valence-corrected chi connectivity index (χ3v) is 3.74. The molecule has 3 atom stereocenters. The van der Waals surface area contributed by atoms with Gasteiger partial charge in [0.1, 0.15) is 0 Å². The molecule has 1 aromatic rings. The molecule has 0 nitrogen and oxygen atoms in total. The molecule has 0 amide bonds. The Hall–Kier alpha value is -0.780. The van der Waals surface area contributed by atoms with Gasteiger partial charge in [0.25, 0.3) is 0 Å². The fraction of sp³-hybridized carbons (Fsp3) is 0.571. The van der Waals surface area contributed by atoms with E-state index in [4.69, 9.17) is 0 Å². The van der Waals surface area contributed by atoms with Gasteiger partial charge in [-0.1, -0.05) is 45.0 Å². The quantitative estimate of drug-likeness (QED) is 0.540. The molecule has 0 heteroatoms. The highest BCUT2D eigenvalue weighted by molar-refractivity contribution is 5.31. The van der Waals surface area contributed by atoms with E-state index in [9.17, 15) is 0 Å². The predicted molar refractivity (Wildman–Crippen MR) is 61.5 cm³/mol. The SMILES string of the molecule is CC1Cc2ccccc2C(C)C(C)C1. The molecule has 0 radical (unpaired) electrons. The van der Waals surface area contributed by atoms with E-state index in [1.165, 1.54) is 12.8 Å². The number of hydrogen-bond donors (Lipinski definition) is 0. The zero-order valence-electron chi connectivity index (χ0n) is 9.46. The summed E-state index contributed by atoms with van der Waals surface area (Å²) in [5, 5.41) is 0. The number of rotatable bonds is 0. The zero-order valence-corrected chi connectivity index (χ0v) is 9.46. The fourth-order valence-corrected chi connectivity index (χ4v) is 2.77. The second-order valence-electron chi connectivity index (χ2n) is 5.01. The van der Waals surface area contributed by atoms with E-state index >= 15 is 0 Å². The largest absolute Gasteiger partial charge is 0.0622 e. The molecule has 0 bridgehead atoms. The lowest BCUT2D eigenvalue weighted by Gasteiger charge is -2.19. The first kappa shape index (κ1) is 9.76. The van der Waals surface area contributed by atoms with Crippen LogP contribution in [0.25, 0.3) is 0 Å². The third kappa shape index (κ3) is 1.70. The van der Waals surface area contributed by atoms with Gasteiger partial charge >= 0.3 is 0 Å². The Bertz CT molecular complexity index is 314. The highest BCUT2D eigenvalue weighted by Crippen LogP contribution is 2.36. The molecule has 14 heavy (non-hydrogen) atoms. The summed E-state index contributed by atoms with van der Waals surface area (Å²) in [5.74, 6) is 2.40. The van der Waals surface area contributed by atoms with Crippen molar-refractivity contribution in [3.8, 4) is 0 Å². The Kier molecular flexibility index (Phi) is 2.62. The Morgan fingerprint density at radius 3 is 2.57 bits per heavy atom. The van der Waals surface area contributed by atoms with Gasteiger partial charge in [0.15, 0.2) is 0 Å². The van der Waals surface area contributed by atoms with E-state index in [0.29, 0.717) is 0 Å². The molecule has 3 unspecified atom stereocenters. The van der Waals surface area contributed by atoms with Crippen LogP contribution < -0.4 is 0 Å². The molecule has 1 aliphatic rings. The summed E-state index contributed by atoms with van der Waals surface area (Å²) in [4.78, 5) is 0. The van der Waals surface area contributed by atoms with Crippen molar-refractivity contribution in [3.63, 3.8) is 0 Å². The molecule has 0 spiro atoms. The van der Waals surface area contributed by atoms with Crippen LogP contribution in [0.2, 0.25) is 0 Å². The van der Waals surface area contributed by atoms with Gasteiger partial charge in [0.2, 0.25) is 0 Å². The summed E-state index contributed by atoms with van der Waals surface area (Å²) in [6.45, 7) is 7.15. The Balaban J connectivity index is 2.41. The van der Waals surface area contributed by atoms with Crippen molar-refractivity contribution in [1.29, 1.82) is 0 Å². The highest BCUT2D eigenvalue weighted by Gasteiger charge is 2.23. The summed E-state index contributed by atoms with van der Waals surface area (Å²) in [6.07, 6.45) is 2.64. The molecule has 0 aliphatic heterocycles. The van der Waals surface area contributed by atoms with Gasteiger partial charge in [0.05, 0.1) is 0 Å². The smallest absolute Gasteiger partial charge is 0.0162 e. The lowest BCUT2D eigenvalue weighted by atomic mass is 9.86.